The number of unbranched alkanes of at least 4 members (excludes halogenated alkanes) is 1. The van der Waals surface area contributed by atoms with Gasteiger partial charge in [-0.1, -0.05) is 27.2 Å². The summed E-state index contributed by atoms with van der Waals surface area (Å²) >= 11 is 0. The van der Waals surface area contributed by atoms with Crippen molar-refractivity contribution in [3.8, 4) is 0 Å². The van der Waals surface area contributed by atoms with E-state index in [4.69, 9.17) is 4.74 Å². The average Bonchev–Trinajstić information content (AvgIpc) is 2.09. The SMILES string of the molecule is CCCCNCC(C)OCC(C)C. The Balaban J connectivity index is 3.15. The third kappa shape index (κ3) is 9.84. The van der Waals surface area contributed by atoms with Crippen LogP contribution in [-0.4, -0.2) is 25.8 Å². The van der Waals surface area contributed by atoms with E-state index >= 15 is 0 Å². The Kier molecular flexibility index (Phi) is 8.46. The summed E-state index contributed by atoms with van der Waals surface area (Å²) in [5.41, 5.74) is 0. The standard InChI is InChI=1S/C11H25NO/c1-5-6-7-12-8-11(4)13-9-10(2)3/h10-12H,5-9H2,1-4H3. The summed E-state index contributed by atoms with van der Waals surface area (Å²) in [5.74, 6) is 0.637. The average molecular weight is 187 g/mol. The minimum Gasteiger partial charge on any atom is -0.377 e. The zero-order chi connectivity index (χ0) is 10.1. The van der Waals surface area contributed by atoms with E-state index in [1.807, 2.05) is 0 Å². The van der Waals surface area contributed by atoms with Crippen LogP contribution in [0.15, 0.2) is 0 Å². The molecule has 2 heteroatoms. The Hall–Kier alpha value is -0.0800. The van der Waals surface area contributed by atoms with E-state index in [2.05, 4.69) is 33.0 Å². The molecule has 2 nitrogen and oxygen atoms in total. The molecule has 0 saturated heterocycles. The fraction of sp³-hybridized carbons (Fsp3) is 1.00. The van der Waals surface area contributed by atoms with Crippen molar-refractivity contribution < 1.29 is 4.74 Å². The zero-order valence-electron chi connectivity index (χ0n) is 9.60. The summed E-state index contributed by atoms with van der Waals surface area (Å²) in [6.45, 7) is 11.7. The Morgan fingerprint density at radius 1 is 1.23 bits per heavy atom. The normalized spacial score (nSPS) is 13.6. The molecule has 0 rings (SSSR count). The molecule has 0 aromatic rings. The van der Waals surface area contributed by atoms with Crippen molar-refractivity contribution in [3.05, 3.63) is 0 Å². The number of hydrogen-bond donors (Lipinski definition) is 1. The molecule has 0 spiro atoms. The van der Waals surface area contributed by atoms with Gasteiger partial charge in [-0.2, -0.15) is 0 Å². The molecule has 0 radical (unpaired) electrons. The molecule has 13 heavy (non-hydrogen) atoms. The summed E-state index contributed by atoms with van der Waals surface area (Å²) in [5, 5.41) is 3.38. The largest absolute Gasteiger partial charge is 0.377 e. The highest BCUT2D eigenvalue weighted by atomic mass is 16.5. The Morgan fingerprint density at radius 2 is 1.92 bits per heavy atom. The lowest BCUT2D eigenvalue weighted by atomic mass is 10.2. The molecule has 0 fully saturated rings. The van der Waals surface area contributed by atoms with Crippen LogP contribution >= 0.6 is 0 Å². The highest BCUT2D eigenvalue weighted by Crippen LogP contribution is 1.96. The van der Waals surface area contributed by atoms with Gasteiger partial charge in [-0.3, -0.25) is 0 Å². The second-order valence-electron chi connectivity index (χ2n) is 4.10. The number of ether oxygens (including phenoxy) is 1. The zero-order valence-corrected chi connectivity index (χ0v) is 9.60. The second-order valence-corrected chi connectivity index (χ2v) is 4.10. The lowest BCUT2D eigenvalue weighted by Gasteiger charge is -2.15. The van der Waals surface area contributed by atoms with E-state index in [1.165, 1.54) is 12.8 Å². The third-order valence-corrected chi connectivity index (χ3v) is 1.85. The number of nitrogens with one attached hydrogen (secondary N) is 1. The maximum atomic E-state index is 5.62. The van der Waals surface area contributed by atoms with Crippen molar-refractivity contribution in [1.29, 1.82) is 0 Å². The first-order chi connectivity index (χ1) is 6.16. The number of rotatable bonds is 8. The van der Waals surface area contributed by atoms with Crippen LogP contribution in [0.3, 0.4) is 0 Å². The Labute approximate surface area is 83.1 Å². The highest BCUT2D eigenvalue weighted by Gasteiger charge is 2.02. The lowest BCUT2D eigenvalue weighted by Crippen LogP contribution is -2.28. The highest BCUT2D eigenvalue weighted by molar-refractivity contribution is 4.55. The quantitative estimate of drug-likeness (QED) is 0.589. The molecule has 1 unspecified atom stereocenters. The molecule has 1 N–H and O–H groups in total. The fourth-order valence-corrected chi connectivity index (χ4v) is 1.02. The van der Waals surface area contributed by atoms with Gasteiger partial charge in [0, 0.05) is 13.2 Å². The third-order valence-electron chi connectivity index (χ3n) is 1.85. The molecule has 80 valence electrons. The molecule has 0 aromatic heterocycles. The topological polar surface area (TPSA) is 21.3 Å². The van der Waals surface area contributed by atoms with Gasteiger partial charge in [-0.05, 0) is 25.8 Å². The molecule has 0 aliphatic heterocycles. The van der Waals surface area contributed by atoms with E-state index < -0.39 is 0 Å². The van der Waals surface area contributed by atoms with E-state index in [9.17, 15) is 0 Å². The molecule has 0 heterocycles. The predicted octanol–water partition coefficient (Wildman–Crippen LogP) is 2.44. The van der Waals surface area contributed by atoms with Gasteiger partial charge in [0.15, 0.2) is 0 Å². The molecule has 0 aliphatic carbocycles. The molecular formula is C11H25NO. The Bertz CT molecular complexity index is 104. The van der Waals surface area contributed by atoms with Crippen molar-refractivity contribution in [2.45, 2.75) is 46.6 Å². The first-order valence-corrected chi connectivity index (χ1v) is 5.49. The van der Waals surface area contributed by atoms with Gasteiger partial charge in [-0.15, -0.1) is 0 Å². The number of hydrogen-bond acceptors (Lipinski definition) is 2. The van der Waals surface area contributed by atoms with Crippen LogP contribution in [0.2, 0.25) is 0 Å². The van der Waals surface area contributed by atoms with Crippen molar-refractivity contribution in [1.82, 2.24) is 5.32 Å². The van der Waals surface area contributed by atoms with Crippen molar-refractivity contribution in [2.24, 2.45) is 5.92 Å². The van der Waals surface area contributed by atoms with Crippen LogP contribution < -0.4 is 5.32 Å². The van der Waals surface area contributed by atoms with Gasteiger partial charge < -0.3 is 10.1 Å². The van der Waals surface area contributed by atoms with E-state index in [-0.39, 0.29) is 0 Å². The molecule has 1 atom stereocenters. The molecule has 0 aliphatic rings. The molecule has 0 aromatic carbocycles. The molecular weight excluding hydrogens is 162 g/mol. The van der Waals surface area contributed by atoms with Crippen molar-refractivity contribution >= 4 is 0 Å². The van der Waals surface area contributed by atoms with Gasteiger partial charge in [0.25, 0.3) is 0 Å². The van der Waals surface area contributed by atoms with E-state index in [0.717, 1.165) is 19.7 Å². The first kappa shape index (κ1) is 12.9. The van der Waals surface area contributed by atoms with Crippen LogP contribution in [-0.2, 0) is 4.74 Å². The predicted molar refractivity (Wildman–Crippen MR) is 58.0 cm³/mol. The van der Waals surface area contributed by atoms with Gasteiger partial charge in [0.2, 0.25) is 0 Å². The van der Waals surface area contributed by atoms with Gasteiger partial charge in [0.05, 0.1) is 6.10 Å². The van der Waals surface area contributed by atoms with Crippen LogP contribution in [0.4, 0.5) is 0 Å². The minimum absolute atomic E-state index is 0.347. The molecule has 0 amide bonds. The van der Waals surface area contributed by atoms with Crippen LogP contribution in [0.25, 0.3) is 0 Å². The molecule has 0 bridgehead atoms. The summed E-state index contributed by atoms with van der Waals surface area (Å²) in [4.78, 5) is 0. The van der Waals surface area contributed by atoms with Crippen molar-refractivity contribution in [2.75, 3.05) is 19.7 Å². The lowest BCUT2D eigenvalue weighted by molar-refractivity contribution is 0.0478. The molecule has 0 saturated carbocycles. The van der Waals surface area contributed by atoms with Crippen LogP contribution in [0, 0.1) is 5.92 Å². The van der Waals surface area contributed by atoms with E-state index in [1.54, 1.807) is 0 Å². The second kappa shape index (κ2) is 8.52. The summed E-state index contributed by atoms with van der Waals surface area (Å²) in [6.07, 6.45) is 2.87. The van der Waals surface area contributed by atoms with Crippen molar-refractivity contribution in [3.63, 3.8) is 0 Å². The van der Waals surface area contributed by atoms with Crippen LogP contribution in [0.1, 0.15) is 40.5 Å². The minimum atomic E-state index is 0.347. The Morgan fingerprint density at radius 3 is 2.46 bits per heavy atom. The maximum Gasteiger partial charge on any atom is 0.0671 e. The maximum absolute atomic E-state index is 5.62. The summed E-state index contributed by atoms with van der Waals surface area (Å²) < 4.78 is 5.62. The summed E-state index contributed by atoms with van der Waals surface area (Å²) in [7, 11) is 0. The van der Waals surface area contributed by atoms with Crippen LogP contribution in [0.5, 0.6) is 0 Å². The smallest absolute Gasteiger partial charge is 0.0671 e. The van der Waals surface area contributed by atoms with E-state index in [0.29, 0.717) is 12.0 Å². The first-order valence-electron chi connectivity index (χ1n) is 5.49. The van der Waals surface area contributed by atoms with Gasteiger partial charge in [-0.25, -0.2) is 0 Å². The monoisotopic (exact) mass is 187 g/mol. The summed E-state index contributed by atoms with van der Waals surface area (Å²) in [6, 6.07) is 0. The fourth-order valence-electron chi connectivity index (χ4n) is 1.02. The van der Waals surface area contributed by atoms with Gasteiger partial charge in [0.1, 0.15) is 0 Å². The van der Waals surface area contributed by atoms with Gasteiger partial charge >= 0.3 is 0 Å².